The lowest BCUT2D eigenvalue weighted by Gasteiger charge is -2.17. The van der Waals surface area contributed by atoms with Gasteiger partial charge in [0.2, 0.25) is 0 Å². The summed E-state index contributed by atoms with van der Waals surface area (Å²) in [5.41, 5.74) is 1.34. The van der Waals surface area contributed by atoms with Crippen LogP contribution in [0.3, 0.4) is 0 Å². The van der Waals surface area contributed by atoms with Gasteiger partial charge in [-0.2, -0.15) is 10.2 Å². The third-order valence-electron chi connectivity index (χ3n) is 2.86. The zero-order chi connectivity index (χ0) is 13.3. The van der Waals surface area contributed by atoms with Crippen molar-refractivity contribution in [2.75, 3.05) is 0 Å². The van der Waals surface area contributed by atoms with Crippen LogP contribution in [0.5, 0.6) is 0 Å². The molecule has 2 heterocycles. The lowest BCUT2D eigenvalue weighted by atomic mass is 10.1. The molecule has 18 heavy (non-hydrogen) atoms. The molecule has 2 aromatic rings. The fraction of sp³-hybridized carbons (Fsp3) is 0.500. The lowest BCUT2D eigenvalue weighted by Crippen LogP contribution is -2.15. The number of rotatable bonds is 4. The van der Waals surface area contributed by atoms with E-state index in [0.29, 0.717) is 17.3 Å². The number of aliphatic hydroxyl groups excluding tert-OH is 1. The first-order valence-electron chi connectivity index (χ1n) is 5.99. The maximum atomic E-state index is 10.5. The molecule has 0 saturated heterocycles. The van der Waals surface area contributed by atoms with Crippen molar-refractivity contribution in [2.45, 2.75) is 39.5 Å². The summed E-state index contributed by atoms with van der Waals surface area (Å²) in [5, 5.41) is 19.3. The highest BCUT2D eigenvalue weighted by Crippen LogP contribution is 2.29. The second-order valence-electron chi connectivity index (χ2n) is 4.39. The van der Waals surface area contributed by atoms with Crippen LogP contribution in [0.15, 0.2) is 18.5 Å². The van der Waals surface area contributed by atoms with Gasteiger partial charge in [-0.1, -0.05) is 11.6 Å². The predicted octanol–water partition coefficient (Wildman–Crippen LogP) is 2.42. The molecule has 5 nitrogen and oxygen atoms in total. The van der Waals surface area contributed by atoms with Gasteiger partial charge in [0.15, 0.2) is 0 Å². The smallest absolute Gasteiger partial charge is 0.139 e. The molecule has 6 heteroatoms. The van der Waals surface area contributed by atoms with Crippen molar-refractivity contribution in [1.29, 1.82) is 0 Å². The fourth-order valence-electron chi connectivity index (χ4n) is 2.00. The zero-order valence-electron chi connectivity index (χ0n) is 10.7. The maximum absolute atomic E-state index is 10.5. The summed E-state index contributed by atoms with van der Waals surface area (Å²) < 4.78 is 3.48. The van der Waals surface area contributed by atoms with Gasteiger partial charge in [0.25, 0.3) is 0 Å². The van der Waals surface area contributed by atoms with Crippen LogP contribution in [0, 0.1) is 0 Å². The molecule has 0 aromatic carbocycles. The average Bonchev–Trinajstić information content (AvgIpc) is 2.93. The third kappa shape index (κ3) is 2.15. The molecule has 2 aromatic heterocycles. The molecule has 1 N–H and O–H groups in total. The van der Waals surface area contributed by atoms with E-state index in [0.717, 1.165) is 5.69 Å². The van der Waals surface area contributed by atoms with Crippen molar-refractivity contribution in [3.05, 3.63) is 34.9 Å². The monoisotopic (exact) mass is 268 g/mol. The highest BCUT2D eigenvalue weighted by atomic mass is 35.5. The van der Waals surface area contributed by atoms with Gasteiger partial charge in [0.1, 0.15) is 6.10 Å². The van der Waals surface area contributed by atoms with Gasteiger partial charge < -0.3 is 5.11 Å². The number of hydrogen-bond donors (Lipinski definition) is 1. The largest absolute Gasteiger partial charge is 0.380 e. The van der Waals surface area contributed by atoms with Crippen molar-refractivity contribution >= 4 is 11.6 Å². The first-order valence-corrected chi connectivity index (χ1v) is 6.36. The van der Waals surface area contributed by atoms with Gasteiger partial charge in [-0.15, -0.1) is 0 Å². The topological polar surface area (TPSA) is 55.9 Å². The zero-order valence-corrected chi connectivity index (χ0v) is 11.5. The van der Waals surface area contributed by atoms with E-state index in [1.807, 2.05) is 20.8 Å². The van der Waals surface area contributed by atoms with Gasteiger partial charge in [0.05, 0.1) is 22.6 Å². The maximum Gasteiger partial charge on any atom is 0.139 e. The Kier molecular flexibility index (Phi) is 3.73. The van der Waals surface area contributed by atoms with Crippen LogP contribution in [-0.4, -0.2) is 24.7 Å². The first kappa shape index (κ1) is 13.1. The van der Waals surface area contributed by atoms with Crippen LogP contribution in [0.1, 0.15) is 44.3 Å². The molecule has 0 aliphatic heterocycles. The Bertz CT molecular complexity index is 532. The summed E-state index contributed by atoms with van der Waals surface area (Å²) in [6.07, 6.45) is 2.42. The molecule has 0 fully saturated rings. The van der Waals surface area contributed by atoms with Crippen LogP contribution < -0.4 is 0 Å². The molecule has 1 unspecified atom stereocenters. The lowest BCUT2D eigenvalue weighted by molar-refractivity contribution is 0.193. The molecular weight excluding hydrogens is 252 g/mol. The SMILES string of the molecule is CCn1nccc1C(O)c1c(Cl)cnn1C(C)C. The molecule has 0 aliphatic rings. The van der Waals surface area contributed by atoms with Gasteiger partial charge in [0, 0.05) is 18.8 Å². The van der Waals surface area contributed by atoms with Gasteiger partial charge in [-0.25, -0.2) is 0 Å². The van der Waals surface area contributed by atoms with Crippen molar-refractivity contribution < 1.29 is 5.11 Å². The van der Waals surface area contributed by atoms with E-state index < -0.39 is 6.10 Å². The number of aliphatic hydroxyl groups is 1. The number of halogens is 1. The Balaban J connectivity index is 2.45. The Morgan fingerprint density at radius 1 is 1.39 bits per heavy atom. The van der Waals surface area contributed by atoms with E-state index in [9.17, 15) is 5.11 Å². The van der Waals surface area contributed by atoms with Crippen molar-refractivity contribution in [2.24, 2.45) is 0 Å². The second kappa shape index (κ2) is 5.12. The molecular formula is C12H17ClN4O. The molecule has 0 spiro atoms. The number of aryl methyl sites for hydroxylation is 1. The number of aromatic nitrogens is 4. The van der Waals surface area contributed by atoms with E-state index in [1.165, 1.54) is 0 Å². The van der Waals surface area contributed by atoms with Crippen LogP contribution in [0.25, 0.3) is 0 Å². The Morgan fingerprint density at radius 2 is 2.11 bits per heavy atom. The molecule has 0 bridgehead atoms. The van der Waals surface area contributed by atoms with E-state index in [1.54, 1.807) is 27.8 Å². The van der Waals surface area contributed by atoms with Crippen LogP contribution in [0.2, 0.25) is 5.02 Å². The van der Waals surface area contributed by atoms with Crippen LogP contribution in [-0.2, 0) is 6.54 Å². The molecule has 98 valence electrons. The Labute approximate surface area is 111 Å². The second-order valence-corrected chi connectivity index (χ2v) is 4.80. The van der Waals surface area contributed by atoms with E-state index >= 15 is 0 Å². The summed E-state index contributed by atoms with van der Waals surface area (Å²) in [7, 11) is 0. The van der Waals surface area contributed by atoms with E-state index in [-0.39, 0.29) is 6.04 Å². The molecule has 0 aliphatic carbocycles. The summed E-state index contributed by atoms with van der Waals surface area (Å²) in [6.45, 7) is 6.67. The summed E-state index contributed by atoms with van der Waals surface area (Å²) in [6, 6.07) is 1.93. The molecule has 1 atom stereocenters. The van der Waals surface area contributed by atoms with Crippen LogP contribution in [0.4, 0.5) is 0 Å². The van der Waals surface area contributed by atoms with Crippen molar-refractivity contribution in [3.8, 4) is 0 Å². The Morgan fingerprint density at radius 3 is 2.72 bits per heavy atom. The Hall–Kier alpha value is -1.33. The number of nitrogens with zero attached hydrogens (tertiary/aromatic N) is 4. The third-order valence-corrected chi connectivity index (χ3v) is 3.16. The highest BCUT2D eigenvalue weighted by molar-refractivity contribution is 6.31. The van der Waals surface area contributed by atoms with Crippen molar-refractivity contribution in [3.63, 3.8) is 0 Å². The minimum absolute atomic E-state index is 0.139. The quantitative estimate of drug-likeness (QED) is 0.926. The molecule has 0 saturated carbocycles. The minimum atomic E-state index is -0.815. The first-order chi connectivity index (χ1) is 8.56. The normalized spacial score (nSPS) is 13.2. The minimum Gasteiger partial charge on any atom is -0.380 e. The summed E-state index contributed by atoms with van der Waals surface area (Å²) >= 11 is 6.12. The van der Waals surface area contributed by atoms with E-state index in [2.05, 4.69) is 10.2 Å². The average molecular weight is 269 g/mol. The fourth-order valence-corrected chi connectivity index (χ4v) is 2.23. The standard InChI is InChI=1S/C12H17ClN4O/c1-4-16-10(5-6-14-16)12(18)11-9(13)7-15-17(11)8(2)3/h5-8,12,18H,4H2,1-3H3. The van der Waals surface area contributed by atoms with Gasteiger partial charge in [-0.3, -0.25) is 9.36 Å². The number of hydrogen-bond acceptors (Lipinski definition) is 3. The van der Waals surface area contributed by atoms with E-state index in [4.69, 9.17) is 11.6 Å². The highest BCUT2D eigenvalue weighted by Gasteiger charge is 2.23. The molecule has 2 rings (SSSR count). The molecule has 0 amide bonds. The van der Waals surface area contributed by atoms with Crippen molar-refractivity contribution in [1.82, 2.24) is 19.6 Å². The van der Waals surface area contributed by atoms with Gasteiger partial charge in [-0.05, 0) is 26.8 Å². The summed E-state index contributed by atoms with van der Waals surface area (Å²) in [4.78, 5) is 0. The van der Waals surface area contributed by atoms with Gasteiger partial charge >= 0.3 is 0 Å². The van der Waals surface area contributed by atoms with Crippen LogP contribution >= 0.6 is 11.6 Å². The predicted molar refractivity (Wildman–Crippen MR) is 69.6 cm³/mol. The summed E-state index contributed by atoms with van der Waals surface area (Å²) in [5.74, 6) is 0. The molecule has 0 radical (unpaired) electrons.